The predicted molar refractivity (Wildman–Crippen MR) is 74.3 cm³/mol. The smallest absolute Gasteiger partial charge is 0.181 e. The van der Waals surface area contributed by atoms with E-state index in [0.717, 1.165) is 0 Å². The van der Waals surface area contributed by atoms with Gasteiger partial charge in [-0.2, -0.15) is 0 Å². The van der Waals surface area contributed by atoms with Gasteiger partial charge in [-0.25, -0.2) is 8.42 Å². The summed E-state index contributed by atoms with van der Waals surface area (Å²) < 4.78 is 28.9. The Balaban J connectivity index is 2.55. The van der Waals surface area contributed by atoms with Crippen molar-refractivity contribution < 1.29 is 18.3 Å². The van der Waals surface area contributed by atoms with Crippen LogP contribution < -0.4 is 5.32 Å². The number of methoxy groups -OCH3 is 1. The monoisotopic (exact) mass is 307 g/mol. The molecule has 1 aromatic carbocycles. The minimum atomic E-state index is -3.53. The number of rotatable bonds is 8. The van der Waals surface area contributed by atoms with Crippen molar-refractivity contribution in [3.05, 3.63) is 29.3 Å². The zero-order valence-electron chi connectivity index (χ0n) is 10.7. The van der Waals surface area contributed by atoms with Gasteiger partial charge in [-0.1, -0.05) is 17.7 Å². The highest BCUT2D eigenvalue weighted by Gasteiger charge is 2.19. The van der Waals surface area contributed by atoms with E-state index in [1.807, 2.05) is 0 Å². The van der Waals surface area contributed by atoms with Crippen molar-refractivity contribution >= 4 is 21.4 Å². The Kier molecular flexibility index (Phi) is 6.74. The van der Waals surface area contributed by atoms with Gasteiger partial charge in [0.2, 0.25) is 0 Å². The molecule has 0 fully saturated rings. The van der Waals surface area contributed by atoms with Crippen LogP contribution in [0.1, 0.15) is 0 Å². The zero-order valence-corrected chi connectivity index (χ0v) is 12.2. The summed E-state index contributed by atoms with van der Waals surface area (Å²) in [5.74, 6) is -0.340. The molecule has 19 heavy (non-hydrogen) atoms. The van der Waals surface area contributed by atoms with Gasteiger partial charge in [0.1, 0.15) is 0 Å². The van der Waals surface area contributed by atoms with Gasteiger partial charge in [0.25, 0.3) is 0 Å². The first kappa shape index (κ1) is 16.4. The molecule has 0 heterocycles. The quantitative estimate of drug-likeness (QED) is 0.692. The molecule has 1 rings (SSSR count). The molecule has 0 saturated carbocycles. The van der Waals surface area contributed by atoms with E-state index in [1.165, 1.54) is 12.1 Å². The van der Waals surface area contributed by atoms with Crippen LogP contribution in [0.15, 0.2) is 29.2 Å². The number of hydrogen-bond acceptors (Lipinski definition) is 5. The van der Waals surface area contributed by atoms with Crippen LogP contribution in [0.5, 0.6) is 0 Å². The number of aliphatic hydroxyl groups excluding tert-OH is 1. The molecule has 1 aromatic rings. The van der Waals surface area contributed by atoms with Crippen LogP contribution in [-0.4, -0.2) is 52.2 Å². The molecular weight excluding hydrogens is 290 g/mol. The van der Waals surface area contributed by atoms with Crippen LogP contribution in [0.25, 0.3) is 0 Å². The van der Waals surface area contributed by atoms with Crippen molar-refractivity contribution in [2.45, 2.75) is 11.0 Å². The third-order valence-electron chi connectivity index (χ3n) is 2.43. The maximum Gasteiger partial charge on any atom is 0.181 e. The number of sulfone groups is 1. The fourth-order valence-electron chi connectivity index (χ4n) is 1.51. The second-order valence-corrected chi connectivity index (χ2v) is 6.56. The molecule has 0 saturated heterocycles. The average molecular weight is 308 g/mol. The Morgan fingerprint density at radius 1 is 1.47 bits per heavy atom. The first-order chi connectivity index (χ1) is 8.95. The van der Waals surface area contributed by atoms with Gasteiger partial charge in [0.15, 0.2) is 9.84 Å². The summed E-state index contributed by atoms with van der Waals surface area (Å²) in [7, 11) is -1.96. The molecule has 0 aromatic heterocycles. The molecule has 0 radical (unpaired) electrons. The molecule has 5 nitrogen and oxygen atoms in total. The second-order valence-electron chi connectivity index (χ2n) is 4.09. The molecule has 0 spiro atoms. The lowest BCUT2D eigenvalue weighted by Crippen LogP contribution is -2.34. The Morgan fingerprint density at radius 3 is 2.84 bits per heavy atom. The van der Waals surface area contributed by atoms with Crippen LogP contribution in [0.3, 0.4) is 0 Å². The van der Waals surface area contributed by atoms with Gasteiger partial charge in [-0.3, -0.25) is 0 Å². The number of halogens is 1. The first-order valence-corrected chi connectivity index (χ1v) is 7.85. The molecule has 0 bridgehead atoms. The van der Waals surface area contributed by atoms with E-state index in [4.69, 9.17) is 16.3 Å². The van der Waals surface area contributed by atoms with Crippen molar-refractivity contribution in [1.29, 1.82) is 0 Å². The lowest BCUT2D eigenvalue weighted by Gasteiger charge is -2.12. The summed E-state index contributed by atoms with van der Waals surface area (Å²) >= 11 is 5.75. The van der Waals surface area contributed by atoms with Gasteiger partial charge in [0, 0.05) is 25.2 Å². The number of aliphatic hydroxyl groups is 1. The molecule has 0 aliphatic rings. The van der Waals surface area contributed by atoms with E-state index >= 15 is 0 Å². The maximum atomic E-state index is 12.0. The topological polar surface area (TPSA) is 75.6 Å². The van der Waals surface area contributed by atoms with Gasteiger partial charge < -0.3 is 15.2 Å². The fraction of sp³-hybridized carbons (Fsp3) is 0.500. The molecule has 1 unspecified atom stereocenters. The molecule has 108 valence electrons. The standard InChI is InChI=1S/C12H18ClNO4S/c1-18-6-5-14-8-11(15)9-19(16,17)12-4-2-3-10(13)7-12/h2-4,7,11,14-15H,5-6,8-9H2,1H3. The van der Waals surface area contributed by atoms with E-state index < -0.39 is 15.9 Å². The Hall–Kier alpha value is -0.660. The van der Waals surface area contributed by atoms with Crippen molar-refractivity contribution in [2.75, 3.05) is 32.6 Å². The normalized spacial score (nSPS) is 13.4. The van der Waals surface area contributed by atoms with E-state index in [1.54, 1.807) is 19.2 Å². The number of benzene rings is 1. The average Bonchev–Trinajstić information content (AvgIpc) is 2.34. The highest BCUT2D eigenvalue weighted by Crippen LogP contribution is 2.17. The van der Waals surface area contributed by atoms with Crippen LogP contribution in [0.4, 0.5) is 0 Å². The lowest BCUT2D eigenvalue weighted by molar-refractivity contribution is 0.174. The summed E-state index contributed by atoms with van der Waals surface area (Å²) in [4.78, 5) is 0.121. The third kappa shape index (κ3) is 5.88. The first-order valence-electron chi connectivity index (χ1n) is 5.82. The summed E-state index contributed by atoms with van der Waals surface area (Å²) in [6.45, 7) is 1.27. The molecular formula is C12H18ClNO4S. The van der Waals surface area contributed by atoms with E-state index in [2.05, 4.69) is 5.32 Å². The Morgan fingerprint density at radius 2 is 2.21 bits per heavy atom. The summed E-state index contributed by atoms with van der Waals surface area (Å²) in [5, 5.41) is 13.0. The number of nitrogens with one attached hydrogen (secondary N) is 1. The number of ether oxygens (including phenoxy) is 1. The predicted octanol–water partition coefficient (Wildman–Crippen LogP) is 0.711. The molecule has 7 heteroatoms. The molecule has 0 aliphatic heterocycles. The maximum absolute atomic E-state index is 12.0. The molecule has 0 amide bonds. The van der Waals surface area contributed by atoms with Crippen LogP contribution in [0.2, 0.25) is 5.02 Å². The SMILES string of the molecule is COCCNCC(O)CS(=O)(=O)c1cccc(Cl)c1. The van der Waals surface area contributed by atoms with E-state index in [9.17, 15) is 13.5 Å². The van der Waals surface area contributed by atoms with Gasteiger partial charge in [0.05, 0.1) is 23.4 Å². The second kappa shape index (κ2) is 7.81. The zero-order chi connectivity index (χ0) is 14.3. The Bertz CT molecular complexity index is 492. The molecule has 1 atom stereocenters. The fourth-order valence-corrected chi connectivity index (χ4v) is 3.18. The highest BCUT2D eigenvalue weighted by atomic mass is 35.5. The van der Waals surface area contributed by atoms with Crippen molar-refractivity contribution in [1.82, 2.24) is 5.32 Å². The largest absolute Gasteiger partial charge is 0.391 e. The molecule has 0 aliphatic carbocycles. The van der Waals surface area contributed by atoms with Gasteiger partial charge >= 0.3 is 0 Å². The Labute approximate surface area is 118 Å². The van der Waals surface area contributed by atoms with Crippen molar-refractivity contribution in [2.24, 2.45) is 0 Å². The van der Waals surface area contributed by atoms with E-state index in [0.29, 0.717) is 18.2 Å². The summed E-state index contributed by atoms with van der Waals surface area (Å²) in [6, 6.07) is 6.01. The van der Waals surface area contributed by atoms with Crippen LogP contribution in [0, 0.1) is 0 Å². The summed E-state index contributed by atoms with van der Waals surface area (Å²) in [5.41, 5.74) is 0. The minimum Gasteiger partial charge on any atom is -0.391 e. The highest BCUT2D eigenvalue weighted by molar-refractivity contribution is 7.91. The molecule has 2 N–H and O–H groups in total. The third-order valence-corrected chi connectivity index (χ3v) is 4.46. The lowest BCUT2D eigenvalue weighted by atomic mass is 10.4. The summed E-state index contributed by atoms with van der Waals surface area (Å²) in [6.07, 6.45) is -0.971. The van der Waals surface area contributed by atoms with Crippen molar-refractivity contribution in [3.63, 3.8) is 0 Å². The van der Waals surface area contributed by atoms with Crippen molar-refractivity contribution in [3.8, 4) is 0 Å². The van der Waals surface area contributed by atoms with E-state index in [-0.39, 0.29) is 17.2 Å². The van der Waals surface area contributed by atoms with Crippen LogP contribution >= 0.6 is 11.6 Å². The number of hydrogen-bond donors (Lipinski definition) is 2. The van der Waals surface area contributed by atoms with Gasteiger partial charge in [-0.15, -0.1) is 0 Å². The minimum absolute atomic E-state index is 0.121. The van der Waals surface area contributed by atoms with Crippen LogP contribution in [-0.2, 0) is 14.6 Å². The van der Waals surface area contributed by atoms with Gasteiger partial charge in [-0.05, 0) is 18.2 Å².